The minimum absolute atomic E-state index is 0.107. The van der Waals surface area contributed by atoms with E-state index in [-0.39, 0.29) is 5.54 Å². The molecular weight excluding hydrogens is 248 g/mol. The molecule has 96 valence electrons. The summed E-state index contributed by atoms with van der Waals surface area (Å²) < 4.78 is 5.45. The molecule has 1 unspecified atom stereocenters. The van der Waals surface area contributed by atoms with Gasteiger partial charge in [-0.3, -0.25) is 0 Å². The summed E-state index contributed by atoms with van der Waals surface area (Å²) in [6.07, 6.45) is 3.12. The van der Waals surface area contributed by atoms with Gasteiger partial charge in [0.1, 0.15) is 0 Å². The van der Waals surface area contributed by atoms with Crippen molar-refractivity contribution in [2.45, 2.75) is 25.4 Å². The van der Waals surface area contributed by atoms with Gasteiger partial charge in [-0.1, -0.05) is 17.7 Å². The summed E-state index contributed by atoms with van der Waals surface area (Å²) in [5.74, 6) is 0. The topological polar surface area (TPSA) is 37.0 Å². The summed E-state index contributed by atoms with van der Waals surface area (Å²) in [6, 6.07) is 5.96. The Kier molecular flexibility index (Phi) is 3.06. The number of aromatic nitrogens is 1. The minimum atomic E-state index is 0.107. The first-order valence-corrected chi connectivity index (χ1v) is 6.62. The lowest BCUT2D eigenvalue weighted by Crippen LogP contribution is -2.42. The molecule has 1 aliphatic rings. The highest BCUT2D eigenvalue weighted by Crippen LogP contribution is 2.23. The van der Waals surface area contributed by atoms with E-state index in [1.807, 2.05) is 18.3 Å². The van der Waals surface area contributed by atoms with Gasteiger partial charge in [-0.05, 0) is 31.0 Å². The van der Waals surface area contributed by atoms with Gasteiger partial charge < -0.3 is 15.0 Å². The number of hydrogen-bond donors (Lipinski definition) is 2. The summed E-state index contributed by atoms with van der Waals surface area (Å²) >= 11 is 5.98. The van der Waals surface area contributed by atoms with Crippen LogP contribution in [0.3, 0.4) is 0 Å². The Hall–Kier alpha value is -1.03. The van der Waals surface area contributed by atoms with Gasteiger partial charge in [-0.2, -0.15) is 0 Å². The number of hydrogen-bond acceptors (Lipinski definition) is 2. The quantitative estimate of drug-likeness (QED) is 0.894. The van der Waals surface area contributed by atoms with Gasteiger partial charge >= 0.3 is 0 Å². The van der Waals surface area contributed by atoms with E-state index in [0.717, 1.165) is 36.7 Å². The molecule has 1 saturated heterocycles. The fourth-order valence-corrected chi connectivity index (χ4v) is 2.59. The zero-order chi connectivity index (χ0) is 12.6. The average molecular weight is 265 g/mol. The second kappa shape index (κ2) is 4.57. The zero-order valence-electron chi connectivity index (χ0n) is 10.4. The lowest BCUT2D eigenvalue weighted by Gasteiger charge is -2.23. The van der Waals surface area contributed by atoms with Crippen LogP contribution in [0.25, 0.3) is 10.9 Å². The molecule has 0 radical (unpaired) electrons. The lowest BCUT2D eigenvalue weighted by molar-refractivity contribution is 0.171. The molecule has 2 N–H and O–H groups in total. The SMILES string of the molecule is CC1(NCc2c[nH]c3cc(Cl)ccc23)CCOC1. The molecule has 0 bridgehead atoms. The Labute approximate surface area is 111 Å². The first kappa shape index (κ1) is 12.0. The highest BCUT2D eigenvalue weighted by Gasteiger charge is 2.28. The molecule has 18 heavy (non-hydrogen) atoms. The second-order valence-electron chi connectivity index (χ2n) is 5.22. The van der Waals surface area contributed by atoms with Crippen molar-refractivity contribution in [3.63, 3.8) is 0 Å². The second-order valence-corrected chi connectivity index (χ2v) is 5.66. The normalized spacial score (nSPS) is 23.9. The van der Waals surface area contributed by atoms with Crippen molar-refractivity contribution < 1.29 is 4.74 Å². The third-order valence-electron chi connectivity index (χ3n) is 3.65. The van der Waals surface area contributed by atoms with E-state index >= 15 is 0 Å². The van der Waals surface area contributed by atoms with Crippen LogP contribution >= 0.6 is 11.6 Å². The third kappa shape index (κ3) is 2.26. The number of ether oxygens (including phenoxy) is 1. The number of fused-ring (bicyclic) bond motifs is 1. The average Bonchev–Trinajstić information content (AvgIpc) is 2.93. The molecule has 2 heterocycles. The van der Waals surface area contributed by atoms with Crippen molar-refractivity contribution in [2.24, 2.45) is 0 Å². The van der Waals surface area contributed by atoms with Gasteiger partial charge in [0.05, 0.1) is 6.61 Å². The largest absolute Gasteiger partial charge is 0.379 e. The van der Waals surface area contributed by atoms with E-state index in [1.54, 1.807) is 0 Å². The van der Waals surface area contributed by atoms with Gasteiger partial charge in [0.25, 0.3) is 0 Å². The number of rotatable bonds is 3. The predicted molar refractivity (Wildman–Crippen MR) is 74.0 cm³/mol. The van der Waals surface area contributed by atoms with Gasteiger partial charge in [0.2, 0.25) is 0 Å². The summed E-state index contributed by atoms with van der Waals surface area (Å²) in [5.41, 5.74) is 2.47. The Bertz CT molecular complexity index is 558. The number of aromatic amines is 1. The molecule has 1 atom stereocenters. The first-order valence-electron chi connectivity index (χ1n) is 6.25. The molecule has 0 amide bonds. The van der Waals surface area contributed by atoms with Crippen molar-refractivity contribution in [2.75, 3.05) is 13.2 Å². The van der Waals surface area contributed by atoms with Gasteiger partial charge in [0, 0.05) is 40.8 Å². The van der Waals surface area contributed by atoms with Crippen molar-refractivity contribution >= 4 is 22.5 Å². The van der Waals surface area contributed by atoms with Gasteiger partial charge in [0.15, 0.2) is 0 Å². The molecule has 3 rings (SSSR count). The maximum Gasteiger partial charge on any atom is 0.0646 e. The highest BCUT2D eigenvalue weighted by molar-refractivity contribution is 6.31. The minimum Gasteiger partial charge on any atom is -0.379 e. The zero-order valence-corrected chi connectivity index (χ0v) is 11.2. The van der Waals surface area contributed by atoms with Crippen molar-refractivity contribution in [1.82, 2.24) is 10.3 Å². The summed E-state index contributed by atoms with van der Waals surface area (Å²) in [7, 11) is 0. The monoisotopic (exact) mass is 264 g/mol. The van der Waals surface area contributed by atoms with Gasteiger partial charge in [-0.25, -0.2) is 0 Å². The van der Waals surface area contributed by atoms with E-state index in [0.29, 0.717) is 0 Å². The Morgan fingerprint density at radius 1 is 1.50 bits per heavy atom. The van der Waals surface area contributed by atoms with Crippen LogP contribution < -0.4 is 5.32 Å². The fraction of sp³-hybridized carbons (Fsp3) is 0.429. The molecule has 1 fully saturated rings. The third-order valence-corrected chi connectivity index (χ3v) is 3.89. The molecule has 1 aromatic carbocycles. The molecule has 4 heteroatoms. The number of nitrogens with one attached hydrogen (secondary N) is 2. The van der Waals surface area contributed by atoms with E-state index in [9.17, 15) is 0 Å². The van der Waals surface area contributed by atoms with Crippen LogP contribution in [-0.4, -0.2) is 23.7 Å². The van der Waals surface area contributed by atoms with Crippen LogP contribution in [0.1, 0.15) is 18.9 Å². The van der Waals surface area contributed by atoms with Crippen molar-refractivity contribution in [3.8, 4) is 0 Å². The maximum absolute atomic E-state index is 5.98. The van der Waals surface area contributed by atoms with Crippen LogP contribution in [0.15, 0.2) is 24.4 Å². The fourth-order valence-electron chi connectivity index (χ4n) is 2.42. The summed E-state index contributed by atoms with van der Waals surface area (Å²) in [4.78, 5) is 3.26. The Morgan fingerprint density at radius 2 is 2.39 bits per heavy atom. The molecule has 0 spiro atoms. The van der Waals surface area contributed by atoms with E-state index in [1.165, 1.54) is 10.9 Å². The molecule has 0 aliphatic carbocycles. The van der Waals surface area contributed by atoms with Crippen LogP contribution in [0.4, 0.5) is 0 Å². The molecule has 1 aliphatic heterocycles. The van der Waals surface area contributed by atoms with Crippen molar-refractivity contribution in [3.05, 3.63) is 35.0 Å². The number of benzene rings is 1. The predicted octanol–water partition coefficient (Wildman–Crippen LogP) is 3.09. The van der Waals surface area contributed by atoms with Gasteiger partial charge in [-0.15, -0.1) is 0 Å². The van der Waals surface area contributed by atoms with Crippen LogP contribution in [0, 0.1) is 0 Å². The van der Waals surface area contributed by atoms with Crippen molar-refractivity contribution in [1.29, 1.82) is 0 Å². The van der Waals surface area contributed by atoms with E-state index in [4.69, 9.17) is 16.3 Å². The molecule has 2 aromatic rings. The maximum atomic E-state index is 5.98. The summed E-state index contributed by atoms with van der Waals surface area (Å²) in [6.45, 7) is 4.71. The van der Waals surface area contributed by atoms with E-state index in [2.05, 4.69) is 23.3 Å². The van der Waals surface area contributed by atoms with Crippen LogP contribution in [-0.2, 0) is 11.3 Å². The number of halogens is 1. The van der Waals surface area contributed by atoms with Crippen LogP contribution in [0.5, 0.6) is 0 Å². The standard InChI is InChI=1S/C14H17ClN2O/c1-14(4-5-18-9-14)17-8-10-7-16-13-6-11(15)2-3-12(10)13/h2-3,6-7,16-17H,4-5,8-9H2,1H3. The Morgan fingerprint density at radius 3 is 3.17 bits per heavy atom. The molecule has 3 nitrogen and oxygen atoms in total. The molecule has 1 aromatic heterocycles. The van der Waals surface area contributed by atoms with E-state index < -0.39 is 0 Å². The highest BCUT2D eigenvalue weighted by atomic mass is 35.5. The molecule has 0 saturated carbocycles. The molecular formula is C14H17ClN2O. The Balaban J connectivity index is 1.78. The summed E-state index contributed by atoms with van der Waals surface area (Å²) in [5, 5.41) is 5.58. The first-order chi connectivity index (χ1) is 8.66. The lowest BCUT2D eigenvalue weighted by atomic mass is 10.0. The van der Waals surface area contributed by atoms with Crippen LogP contribution in [0.2, 0.25) is 5.02 Å². The smallest absolute Gasteiger partial charge is 0.0646 e. The number of H-pyrrole nitrogens is 1.